The van der Waals surface area contributed by atoms with Crippen LogP contribution in [-0.2, 0) is 6.54 Å². The van der Waals surface area contributed by atoms with E-state index in [0.717, 1.165) is 12.1 Å². The van der Waals surface area contributed by atoms with Gasteiger partial charge in [-0.3, -0.25) is 9.48 Å². The number of hydrogen-bond acceptors (Lipinski definition) is 3. The number of anilines is 1. The molecule has 2 rings (SSSR count). The Morgan fingerprint density at radius 3 is 2.89 bits per heavy atom. The van der Waals surface area contributed by atoms with Crippen LogP contribution in [0.25, 0.3) is 0 Å². The van der Waals surface area contributed by atoms with Gasteiger partial charge in [0.25, 0.3) is 5.91 Å². The van der Waals surface area contributed by atoms with Crippen molar-refractivity contribution in [3.63, 3.8) is 0 Å². The van der Waals surface area contributed by atoms with Crippen molar-refractivity contribution in [1.29, 1.82) is 0 Å². The second kappa shape index (κ2) is 4.91. The van der Waals surface area contributed by atoms with Crippen molar-refractivity contribution in [3.8, 4) is 5.75 Å². The fraction of sp³-hybridized carbons (Fsp3) is 0.231. The van der Waals surface area contributed by atoms with E-state index in [-0.39, 0.29) is 11.7 Å². The average molecular weight is 245 g/mol. The van der Waals surface area contributed by atoms with Gasteiger partial charge in [0.1, 0.15) is 5.75 Å². The van der Waals surface area contributed by atoms with Crippen LogP contribution in [0, 0.1) is 6.92 Å². The molecule has 0 bridgehead atoms. The Labute approximate surface area is 105 Å². The summed E-state index contributed by atoms with van der Waals surface area (Å²) in [7, 11) is 0. The summed E-state index contributed by atoms with van der Waals surface area (Å²) in [6, 6.07) is 4.84. The van der Waals surface area contributed by atoms with Gasteiger partial charge in [0, 0.05) is 18.3 Å². The summed E-state index contributed by atoms with van der Waals surface area (Å²) in [5, 5.41) is 16.4. The average Bonchev–Trinajstić information content (AvgIpc) is 2.80. The highest BCUT2D eigenvalue weighted by atomic mass is 16.3. The molecule has 0 aliphatic carbocycles. The first-order valence-electron chi connectivity index (χ1n) is 5.73. The van der Waals surface area contributed by atoms with Gasteiger partial charge in [0.05, 0.1) is 11.9 Å². The molecule has 0 radical (unpaired) electrons. The van der Waals surface area contributed by atoms with E-state index in [4.69, 9.17) is 0 Å². The Balaban J connectivity index is 2.14. The van der Waals surface area contributed by atoms with E-state index in [2.05, 4.69) is 10.4 Å². The zero-order valence-corrected chi connectivity index (χ0v) is 10.3. The molecule has 94 valence electrons. The topological polar surface area (TPSA) is 67.2 Å². The molecule has 1 heterocycles. The molecule has 0 aliphatic heterocycles. The molecule has 1 aromatic heterocycles. The quantitative estimate of drug-likeness (QED) is 0.870. The lowest BCUT2D eigenvalue weighted by Crippen LogP contribution is -2.11. The van der Waals surface area contributed by atoms with E-state index < -0.39 is 0 Å². The molecular weight excluding hydrogens is 230 g/mol. The van der Waals surface area contributed by atoms with Crippen LogP contribution in [0.3, 0.4) is 0 Å². The predicted molar refractivity (Wildman–Crippen MR) is 68.7 cm³/mol. The van der Waals surface area contributed by atoms with Gasteiger partial charge in [-0.1, -0.05) is 6.07 Å². The minimum absolute atomic E-state index is 0.118. The van der Waals surface area contributed by atoms with Gasteiger partial charge >= 0.3 is 0 Å². The third-order valence-corrected chi connectivity index (χ3v) is 2.69. The summed E-state index contributed by atoms with van der Waals surface area (Å²) in [6.07, 6.45) is 3.35. The number of nitrogens with zero attached hydrogens (tertiary/aromatic N) is 2. The molecule has 0 fully saturated rings. The van der Waals surface area contributed by atoms with Crippen LogP contribution in [0.2, 0.25) is 0 Å². The molecule has 1 amide bonds. The minimum atomic E-state index is -0.263. The van der Waals surface area contributed by atoms with Crippen molar-refractivity contribution < 1.29 is 9.90 Å². The maximum absolute atomic E-state index is 11.9. The summed E-state index contributed by atoms with van der Waals surface area (Å²) < 4.78 is 1.72. The lowest BCUT2D eigenvalue weighted by molar-refractivity contribution is 0.102. The first-order valence-corrected chi connectivity index (χ1v) is 5.73. The minimum Gasteiger partial charge on any atom is -0.508 e. The molecular formula is C13H15N3O2. The fourth-order valence-corrected chi connectivity index (χ4v) is 1.55. The van der Waals surface area contributed by atoms with Crippen LogP contribution in [0.15, 0.2) is 30.6 Å². The molecule has 18 heavy (non-hydrogen) atoms. The zero-order chi connectivity index (χ0) is 13.1. The molecule has 5 heteroatoms. The first-order chi connectivity index (χ1) is 8.60. The molecule has 2 aromatic rings. The smallest absolute Gasteiger partial charge is 0.255 e. The van der Waals surface area contributed by atoms with Crippen molar-refractivity contribution in [3.05, 3.63) is 41.7 Å². The van der Waals surface area contributed by atoms with E-state index in [1.54, 1.807) is 36.1 Å². The van der Waals surface area contributed by atoms with Crippen LogP contribution in [-0.4, -0.2) is 20.8 Å². The number of rotatable bonds is 3. The fourth-order valence-electron chi connectivity index (χ4n) is 1.55. The summed E-state index contributed by atoms with van der Waals surface area (Å²) in [5.41, 5.74) is 1.80. The monoisotopic (exact) mass is 245 g/mol. The number of phenolic OH excluding ortho intramolecular Hbond substituents is 1. The molecule has 0 unspecified atom stereocenters. The first kappa shape index (κ1) is 12.2. The Bertz CT molecular complexity index is 575. The van der Waals surface area contributed by atoms with Crippen LogP contribution in [0.1, 0.15) is 22.8 Å². The number of carbonyl (C=O) groups is 1. The Morgan fingerprint density at radius 1 is 1.50 bits per heavy atom. The van der Waals surface area contributed by atoms with Crippen molar-refractivity contribution in [1.82, 2.24) is 9.78 Å². The van der Waals surface area contributed by atoms with E-state index in [1.165, 1.54) is 6.07 Å². The molecule has 0 aliphatic rings. The van der Waals surface area contributed by atoms with E-state index in [9.17, 15) is 9.90 Å². The summed E-state index contributed by atoms with van der Waals surface area (Å²) in [4.78, 5) is 11.9. The van der Waals surface area contributed by atoms with E-state index >= 15 is 0 Å². The summed E-state index contributed by atoms with van der Waals surface area (Å²) >= 11 is 0. The van der Waals surface area contributed by atoms with Crippen molar-refractivity contribution in [2.24, 2.45) is 0 Å². The zero-order valence-electron chi connectivity index (χ0n) is 10.3. The normalized spacial score (nSPS) is 10.3. The second-order valence-electron chi connectivity index (χ2n) is 4.04. The Kier molecular flexibility index (Phi) is 3.32. The number of phenols is 1. The van der Waals surface area contributed by atoms with Gasteiger partial charge < -0.3 is 10.4 Å². The molecule has 2 N–H and O–H groups in total. The lowest BCUT2D eigenvalue weighted by atomic mass is 10.1. The predicted octanol–water partition coefficient (Wildman–Crippen LogP) is 2.17. The van der Waals surface area contributed by atoms with Crippen LogP contribution >= 0.6 is 0 Å². The number of benzene rings is 1. The second-order valence-corrected chi connectivity index (χ2v) is 4.04. The van der Waals surface area contributed by atoms with Gasteiger partial charge in [-0.2, -0.15) is 5.10 Å². The Morgan fingerprint density at radius 2 is 2.28 bits per heavy atom. The van der Waals surface area contributed by atoms with Gasteiger partial charge in [-0.25, -0.2) is 0 Å². The summed E-state index contributed by atoms with van der Waals surface area (Å²) in [5.74, 6) is -0.146. The molecule has 1 aromatic carbocycles. The SMILES string of the molecule is CCn1cc(NC(=O)c2ccc(C)c(O)c2)cn1. The van der Waals surface area contributed by atoms with Gasteiger partial charge in [0.15, 0.2) is 0 Å². The standard InChI is InChI=1S/C13H15N3O2/c1-3-16-8-11(7-14-16)15-13(18)10-5-4-9(2)12(17)6-10/h4-8,17H,3H2,1-2H3,(H,15,18). The number of aryl methyl sites for hydroxylation is 2. The number of aromatic nitrogens is 2. The third kappa shape index (κ3) is 2.51. The molecule has 0 atom stereocenters. The van der Waals surface area contributed by atoms with Gasteiger partial charge in [0.2, 0.25) is 0 Å². The lowest BCUT2D eigenvalue weighted by Gasteiger charge is -2.04. The highest BCUT2D eigenvalue weighted by Crippen LogP contribution is 2.18. The van der Waals surface area contributed by atoms with Crippen molar-refractivity contribution in [2.75, 3.05) is 5.32 Å². The van der Waals surface area contributed by atoms with Gasteiger partial charge in [-0.05, 0) is 31.5 Å². The largest absolute Gasteiger partial charge is 0.508 e. The maximum Gasteiger partial charge on any atom is 0.255 e. The summed E-state index contributed by atoms with van der Waals surface area (Å²) in [6.45, 7) is 4.50. The van der Waals surface area contributed by atoms with Crippen LogP contribution < -0.4 is 5.32 Å². The number of carbonyl (C=O) groups excluding carboxylic acids is 1. The molecule has 0 saturated heterocycles. The van der Waals surface area contributed by atoms with E-state index in [0.29, 0.717) is 11.3 Å². The number of hydrogen-bond donors (Lipinski definition) is 2. The Hall–Kier alpha value is -2.30. The number of amides is 1. The number of aromatic hydroxyl groups is 1. The van der Waals surface area contributed by atoms with Crippen molar-refractivity contribution >= 4 is 11.6 Å². The highest BCUT2D eigenvalue weighted by Gasteiger charge is 2.09. The van der Waals surface area contributed by atoms with E-state index in [1.807, 2.05) is 6.92 Å². The molecule has 0 spiro atoms. The molecule has 0 saturated carbocycles. The van der Waals surface area contributed by atoms with Gasteiger partial charge in [-0.15, -0.1) is 0 Å². The van der Waals surface area contributed by atoms with Crippen LogP contribution in [0.5, 0.6) is 5.75 Å². The maximum atomic E-state index is 11.9. The third-order valence-electron chi connectivity index (χ3n) is 2.69. The number of nitrogens with one attached hydrogen (secondary N) is 1. The molecule has 5 nitrogen and oxygen atoms in total. The van der Waals surface area contributed by atoms with Crippen molar-refractivity contribution in [2.45, 2.75) is 20.4 Å². The van der Waals surface area contributed by atoms with Crippen LogP contribution in [0.4, 0.5) is 5.69 Å². The highest BCUT2D eigenvalue weighted by molar-refractivity contribution is 6.04.